The van der Waals surface area contributed by atoms with Crippen LogP contribution >= 0.6 is 0 Å². The minimum Gasteiger partial charge on any atom is -0.550 e. The number of nitrogens with one attached hydrogen (secondary N) is 1. The van der Waals surface area contributed by atoms with Crippen LogP contribution in [0.4, 0.5) is 0 Å². The molecule has 1 fully saturated rings. The van der Waals surface area contributed by atoms with Gasteiger partial charge in [-0.15, -0.1) is 6.58 Å². The second-order valence-corrected chi connectivity index (χ2v) is 3.85. The van der Waals surface area contributed by atoms with Crippen molar-refractivity contribution in [3.63, 3.8) is 0 Å². The predicted octanol–water partition coefficient (Wildman–Crippen LogP) is -1.39. The predicted molar refractivity (Wildman–Crippen MR) is 53.0 cm³/mol. The number of hydrogen-bond donors (Lipinski definition) is 1. The second-order valence-electron chi connectivity index (χ2n) is 3.85. The Morgan fingerprint density at radius 1 is 1.38 bits per heavy atom. The molecule has 0 saturated carbocycles. The van der Waals surface area contributed by atoms with E-state index in [1.807, 2.05) is 0 Å². The summed E-state index contributed by atoms with van der Waals surface area (Å²) >= 11 is 0. The van der Waals surface area contributed by atoms with E-state index in [1.54, 1.807) is 12.2 Å². The van der Waals surface area contributed by atoms with Crippen LogP contribution in [0.25, 0.3) is 0 Å². The molecular weight excluding hydrogens is 210 g/mol. The molecule has 0 unspecified atom stereocenters. The number of ether oxygens (including phenoxy) is 1. The van der Waals surface area contributed by atoms with Crippen LogP contribution in [0, 0.1) is 11.8 Å². The van der Waals surface area contributed by atoms with Gasteiger partial charge in [0.2, 0.25) is 5.91 Å². The van der Waals surface area contributed by atoms with Gasteiger partial charge in [0.1, 0.15) is 0 Å². The molecule has 5 heteroatoms. The van der Waals surface area contributed by atoms with Gasteiger partial charge < -0.3 is 20.0 Å². The second kappa shape index (κ2) is 4.09. The van der Waals surface area contributed by atoms with Gasteiger partial charge in [-0.05, 0) is 0 Å². The van der Waals surface area contributed by atoms with Gasteiger partial charge in [-0.1, -0.05) is 18.2 Å². The molecular formula is C11H12NO4-. The van der Waals surface area contributed by atoms with Crippen molar-refractivity contribution >= 4 is 11.9 Å². The van der Waals surface area contributed by atoms with Gasteiger partial charge in [-0.2, -0.15) is 0 Å². The molecule has 0 aromatic rings. The Morgan fingerprint density at radius 3 is 2.56 bits per heavy atom. The van der Waals surface area contributed by atoms with Crippen molar-refractivity contribution in [3.8, 4) is 0 Å². The molecule has 16 heavy (non-hydrogen) atoms. The van der Waals surface area contributed by atoms with Crippen molar-refractivity contribution in [1.29, 1.82) is 0 Å². The summed E-state index contributed by atoms with van der Waals surface area (Å²) in [6, 6.07) is 0. The average Bonchev–Trinajstić information content (AvgIpc) is 2.84. The van der Waals surface area contributed by atoms with Gasteiger partial charge in [0.25, 0.3) is 0 Å². The van der Waals surface area contributed by atoms with Crippen LogP contribution in [0.1, 0.15) is 0 Å². The summed E-state index contributed by atoms with van der Waals surface area (Å²) in [4.78, 5) is 22.7. The van der Waals surface area contributed by atoms with Crippen LogP contribution < -0.4 is 10.4 Å². The molecule has 0 spiro atoms. The van der Waals surface area contributed by atoms with E-state index in [0.29, 0.717) is 6.54 Å². The topological polar surface area (TPSA) is 78.5 Å². The summed E-state index contributed by atoms with van der Waals surface area (Å²) < 4.78 is 5.34. The van der Waals surface area contributed by atoms with Crippen molar-refractivity contribution in [3.05, 3.63) is 24.8 Å². The SMILES string of the molecule is C=CCNC(=O)[C@H]1[C@@H](C(=O)[O-])[C@@H]2C=C[C@H]1O2. The number of hydrogen-bond acceptors (Lipinski definition) is 4. The number of carboxylic acids is 1. The van der Waals surface area contributed by atoms with Crippen LogP contribution in [0.15, 0.2) is 24.8 Å². The Labute approximate surface area is 92.8 Å². The molecule has 2 aliphatic rings. The molecule has 1 amide bonds. The molecule has 86 valence electrons. The zero-order valence-electron chi connectivity index (χ0n) is 8.59. The summed E-state index contributed by atoms with van der Waals surface area (Å²) in [6.07, 6.45) is 3.95. The van der Waals surface area contributed by atoms with E-state index in [4.69, 9.17) is 4.74 Å². The number of amides is 1. The molecule has 2 rings (SSSR count). The number of fused-ring (bicyclic) bond motifs is 2. The monoisotopic (exact) mass is 222 g/mol. The first-order valence-electron chi connectivity index (χ1n) is 5.08. The molecule has 2 aliphatic heterocycles. The fourth-order valence-corrected chi connectivity index (χ4v) is 2.19. The van der Waals surface area contributed by atoms with Gasteiger partial charge in [-0.25, -0.2) is 0 Å². The van der Waals surface area contributed by atoms with Crippen LogP contribution in [0.3, 0.4) is 0 Å². The van der Waals surface area contributed by atoms with E-state index >= 15 is 0 Å². The first-order chi connectivity index (χ1) is 7.65. The van der Waals surface area contributed by atoms with Crippen molar-refractivity contribution < 1.29 is 19.4 Å². The molecule has 2 bridgehead atoms. The number of rotatable bonds is 4. The lowest BCUT2D eigenvalue weighted by Gasteiger charge is -2.24. The Kier molecular flexibility index (Phi) is 2.78. The van der Waals surface area contributed by atoms with E-state index in [2.05, 4.69) is 11.9 Å². The quantitative estimate of drug-likeness (QED) is 0.594. The molecule has 1 N–H and O–H groups in total. The van der Waals surface area contributed by atoms with Crippen molar-refractivity contribution in [2.24, 2.45) is 11.8 Å². The Hall–Kier alpha value is -1.62. The Morgan fingerprint density at radius 2 is 2.00 bits per heavy atom. The number of carboxylic acid groups (broad SMARTS) is 1. The van der Waals surface area contributed by atoms with Crippen LogP contribution in [-0.2, 0) is 14.3 Å². The Bertz CT molecular complexity index is 363. The maximum absolute atomic E-state index is 11.7. The van der Waals surface area contributed by atoms with E-state index in [0.717, 1.165) is 0 Å². The van der Waals surface area contributed by atoms with Crippen molar-refractivity contribution in [1.82, 2.24) is 5.32 Å². The van der Waals surface area contributed by atoms with Gasteiger partial charge in [0, 0.05) is 18.4 Å². The molecule has 0 aliphatic carbocycles. The zero-order valence-corrected chi connectivity index (χ0v) is 8.59. The minimum atomic E-state index is -1.24. The van der Waals surface area contributed by atoms with E-state index in [-0.39, 0.29) is 5.91 Å². The largest absolute Gasteiger partial charge is 0.550 e. The van der Waals surface area contributed by atoms with Crippen molar-refractivity contribution in [2.45, 2.75) is 12.2 Å². The first kappa shape index (κ1) is 10.9. The normalized spacial score (nSPS) is 35.0. The average molecular weight is 222 g/mol. The molecule has 0 radical (unpaired) electrons. The minimum absolute atomic E-state index is 0.316. The Balaban J connectivity index is 2.13. The van der Waals surface area contributed by atoms with Crippen LogP contribution in [-0.4, -0.2) is 30.6 Å². The number of carbonyl (C=O) groups is 2. The van der Waals surface area contributed by atoms with E-state index in [9.17, 15) is 14.7 Å². The summed E-state index contributed by atoms with van der Waals surface area (Å²) in [5, 5.41) is 13.5. The first-order valence-corrected chi connectivity index (χ1v) is 5.08. The molecule has 5 nitrogen and oxygen atoms in total. The number of carbonyl (C=O) groups excluding carboxylic acids is 2. The maximum Gasteiger partial charge on any atom is 0.227 e. The standard InChI is InChI=1S/C11H13NO4/c1-2-5-12-10(13)8-6-3-4-7(16-6)9(8)11(14)15/h2-4,6-9H,1,5H2,(H,12,13)(H,14,15)/p-1/t6-,7+,8-,9+/m1/s1. The van der Waals surface area contributed by atoms with Crippen LogP contribution in [0.2, 0.25) is 0 Å². The highest BCUT2D eigenvalue weighted by Gasteiger charge is 2.49. The third-order valence-corrected chi connectivity index (χ3v) is 2.90. The maximum atomic E-state index is 11.7. The number of aliphatic carboxylic acids is 1. The molecule has 1 saturated heterocycles. The highest BCUT2D eigenvalue weighted by Crippen LogP contribution is 2.38. The lowest BCUT2D eigenvalue weighted by Crippen LogP contribution is -2.47. The molecule has 4 atom stereocenters. The highest BCUT2D eigenvalue weighted by molar-refractivity contribution is 5.86. The summed E-state index contributed by atoms with van der Waals surface area (Å²) in [5.41, 5.74) is 0. The smallest absolute Gasteiger partial charge is 0.227 e. The molecule has 2 heterocycles. The fraction of sp³-hybridized carbons (Fsp3) is 0.455. The fourth-order valence-electron chi connectivity index (χ4n) is 2.19. The van der Waals surface area contributed by atoms with Crippen LogP contribution in [0.5, 0.6) is 0 Å². The zero-order chi connectivity index (χ0) is 11.7. The molecule has 0 aromatic heterocycles. The van der Waals surface area contributed by atoms with Crippen molar-refractivity contribution in [2.75, 3.05) is 6.54 Å². The molecule has 0 aromatic carbocycles. The lowest BCUT2D eigenvalue weighted by atomic mass is 9.82. The van der Waals surface area contributed by atoms with E-state index in [1.165, 1.54) is 6.08 Å². The summed E-state index contributed by atoms with van der Waals surface area (Å²) in [5.74, 6) is -3.15. The van der Waals surface area contributed by atoms with Gasteiger partial charge in [0.15, 0.2) is 0 Å². The highest BCUT2D eigenvalue weighted by atomic mass is 16.5. The van der Waals surface area contributed by atoms with Gasteiger partial charge >= 0.3 is 0 Å². The summed E-state index contributed by atoms with van der Waals surface area (Å²) in [7, 11) is 0. The summed E-state index contributed by atoms with van der Waals surface area (Å²) in [6.45, 7) is 3.79. The van der Waals surface area contributed by atoms with E-state index < -0.39 is 30.0 Å². The third-order valence-electron chi connectivity index (χ3n) is 2.90. The van der Waals surface area contributed by atoms with Gasteiger partial charge in [-0.3, -0.25) is 4.79 Å². The lowest BCUT2D eigenvalue weighted by molar-refractivity contribution is -0.313. The third kappa shape index (κ3) is 1.63. The van der Waals surface area contributed by atoms with Gasteiger partial charge in [0.05, 0.1) is 18.1 Å².